The second-order valence-corrected chi connectivity index (χ2v) is 5.92. The number of hydrogen-bond acceptors (Lipinski definition) is 4. The van der Waals surface area contributed by atoms with Gasteiger partial charge in [-0.2, -0.15) is 4.98 Å². The van der Waals surface area contributed by atoms with Crippen molar-refractivity contribution in [3.63, 3.8) is 0 Å². The zero-order chi connectivity index (χ0) is 19.2. The van der Waals surface area contributed by atoms with Gasteiger partial charge in [0.2, 0.25) is 0 Å². The Morgan fingerprint density at radius 3 is 2.63 bits per heavy atom. The number of hydrogen-bond donors (Lipinski definition) is 1. The Balaban J connectivity index is 1.84. The van der Waals surface area contributed by atoms with Crippen molar-refractivity contribution in [3.05, 3.63) is 65.5 Å². The minimum Gasteiger partial charge on any atom is -0.478 e. The first kappa shape index (κ1) is 18.2. The van der Waals surface area contributed by atoms with Gasteiger partial charge in [-0.15, -0.1) is 17.4 Å². The van der Waals surface area contributed by atoms with Crippen molar-refractivity contribution in [3.8, 4) is 29.5 Å². The molecule has 6 nitrogen and oxygen atoms in total. The summed E-state index contributed by atoms with van der Waals surface area (Å²) >= 11 is 0. The minimum atomic E-state index is -0.941. The van der Waals surface area contributed by atoms with Crippen LogP contribution >= 0.6 is 0 Å². The van der Waals surface area contributed by atoms with Crippen molar-refractivity contribution < 1.29 is 14.6 Å². The van der Waals surface area contributed by atoms with Crippen molar-refractivity contribution >= 4 is 5.97 Å². The van der Waals surface area contributed by atoms with E-state index in [2.05, 4.69) is 16.0 Å². The van der Waals surface area contributed by atoms with Gasteiger partial charge in [0.15, 0.2) is 0 Å². The fraction of sp³-hybridized carbons (Fsp3) is 0.190. The van der Waals surface area contributed by atoms with Crippen molar-refractivity contribution in [2.45, 2.75) is 19.4 Å². The zero-order valence-corrected chi connectivity index (χ0v) is 14.9. The van der Waals surface area contributed by atoms with E-state index in [4.69, 9.17) is 11.2 Å². The molecule has 0 aliphatic heterocycles. The number of methoxy groups -OCH3 is 1. The molecule has 0 aliphatic carbocycles. The van der Waals surface area contributed by atoms with Gasteiger partial charge in [-0.3, -0.25) is 0 Å². The highest BCUT2D eigenvalue weighted by molar-refractivity contribution is 5.95. The number of nitrogens with zero attached hydrogens (tertiary/aromatic N) is 3. The van der Waals surface area contributed by atoms with Crippen LogP contribution in [0.25, 0.3) is 11.1 Å². The fourth-order valence-electron chi connectivity index (χ4n) is 2.82. The van der Waals surface area contributed by atoms with Gasteiger partial charge in [0.1, 0.15) is 5.82 Å². The Bertz CT molecular complexity index is 985. The van der Waals surface area contributed by atoms with Gasteiger partial charge in [-0.1, -0.05) is 42.5 Å². The Morgan fingerprint density at radius 1 is 1.22 bits per heavy atom. The number of aromatic nitrogens is 3. The zero-order valence-electron chi connectivity index (χ0n) is 14.9. The highest BCUT2D eigenvalue weighted by atomic mass is 16.5. The molecule has 6 heteroatoms. The number of rotatable bonds is 7. The highest BCUT2D eigenvalue weighted by Crippen LogP contribution is 2.24. The summed E-state index contributed by atoms with van der Waals surface area (Å²) in [4.78, 5) is 15.8. The van der Waals surface area contributed by atoms with E-state index in [1.807, 2.05) is 30.3 Å². The summed E-state index contributed by atoms with van der Waals surface area (Å²) in [5.41, 5.74) is 2.85. The summed E-state index contributed by atoms with van der Waals surface area (Å²) in [7, 11) is 1.53. The van der Waals surface area contributed by atoms with Crippen molar-refractivity contribution in [2.24, 2.45) is 0 Å². The molecule has 1 aromatic heterocycles. The van der Waals surface area contributed by atoms with Gasteiger partial charge in [-0.05, 0) is 22.8 Å². The van der Waals surface area contributed by atoms with Crippen LogP contribution in [0.5, 0.6) is 6.01 Å². The standard InChI is InChI=1S/C21H19N3O3/c1-3-4-13-24-19(22-21(23-24)27-2)14-15-9-11-16(12-10-15)17-7-5-6-8-18(17)20(25)26/h1,5-12H,4,13-14H2,2H3,(H,25,26). The molecule has 1 N–H and O–H groups in total. The second kappa shape index (κ2) is 8.19. The second-order valence-electron chi connectivity index (χ2n) is 5.92. The van der Waals surface area contributed by atoms with Crippen LogP contribution < -0.4 is 4.74 Å². The smallest absolute Gasteiger partial charge is 0.336 e. The molecule has 2 aromatic carbocycles. The van der Waals surface area contributed by atoms with Gasteiger partial charge < -0.3 is 9.84 Å². The van der Waals surface area contributed by atoms with Gasteiger partial charge in [0, 0.05) is 12.8 Å². The first-order valence-electron chi connectivity index (χ1n) is 8.45. The number of carboxylic acid groups (broad SMARTS) is 1. The van der Waals surface area contributed by atoms with Crippen LogP contribution in [0.3, 0.4) is 0 Å². The number of carboxylic acids is 1. The average molecular weight is 361 g/mol. The van der Waals surface area contributed by atoms with Gasteiger partial charge in [0.25, 0.3) is 0 Å². The topological polar surface area (TPSA) is 77.2 Å². The molecule has 0 spiro atoms. The molecule has 0 fully saturated rings. The molecular weight excluding hydrogens is 342 g/mol. The van der Waals surface area contributed by atoms with Crippen LogP contribution in [0.1, 0.15) is 28.2 Å². The van der Waals surface area contributed by atoms with E-state index < -0.39 is 5.97 Å². The number of aryl methyl sites for hydroxylation is 1. The molecule has 1 heterocycles. The van der Waals surface area contributed by atoms with Crippen LogP contribution in [-0.2, 0) is 13.0 Å². The maximum atomic E-state index is 11.4. The molecule has 0 unspecified atom stereocenters. The predicted molar refractivity (Wildman–Crippen MR) is 102 cm³/mol. The number of aromatic carboxylic acids is 1. The first-order valence-corrected chi connectivity index (χ1v) is 8.45. The lowest BCUT2D eigenvalue weighted by molar-refractivity contribution is 0.0697. The number of terminal acetylenes is 1. The van der Waals surface area contributed by atoms with E-state index in [0.717, 1.165) is 17.0 Å². The summed E-state index contributed by atoms with van der Waals surface area (Å²) < 4.78 is 6.87. The Hall–Kier alpha value is -3.59. The van der Waals surface area contributed by atoms with Gasteiger partial charge >= 0.3 is 12.0 Å². The molecule has 0 saturated carbocycles. The average Bonchev–Trinajstić information content (AvgIpc) is 3.08. The molecule has 0 radical (unpaired) electrons. The number of carbonyl (C=O) groups is 1. The van der Waals surface area contributed by atoms with E-state index in [9.17, 15) is 9.90 Å². The lowest BCUT2D eigenvalue weighted by atomic mass is 9.98. The van der Waals surface area contributed by atoms with Crippen molar-refractivity contribution in [1.82, 2.24) is 14.8 Å². The van der Waals surface area contributed by atoms with Crippen LogP contribution in [0.2, 0.25) is 0 Å². The SMILES string of the molecule is C#CCCn1nc(OC)nc1Cc1ccc(-c2ccccc2C(=O)O)cc1. The van der Waals surface area contributed by atoms with Crippen LogP contribution in [0.4, 0.5) is 0 Å². The quantitative estimate of drug-likeness (QED) is 0.654. The summed E-state index contributed by atoms with van der Waals surface area (Å²) in [6.07, 6.45) is 6.47. The Morgan fingerprint density at radius 2 is 1.96 bits per heavy atom. The fourth-order valence-corrected chi connectivity index (χ4v) is 2.82. The third-order valence-electron chi connectivity index (χ3n) is 4.16. The third kappa shape index (κ3) is 4.15. The molecule has 136 valence electrons. The Labute approximate surface area is 157 Å². The van der Waals surface area contributed by atoms with Crippen LogP contribution in [0, 0.1) is 12.3 Å². The molecule has 3 aromatic rings. The first-order chi connectivity index (χ1) is 13.1. The summed E-state index contributed by atoms with van der Waals surface area (Å²) in [5.74, 6) is 2.42. The summed E-state index contributed by atoms with van der Waals surface area (Å²) in [5, 5.41) is 13.6. The maximum Gasteiger partial charge on any atom is 0.336 e. The van der Waals surface area contributed by atoms with Crippen molar-refractivity contribution in [2.75, 3.05) is 7.11 Å². The van der Waals surface area contributed by atoms with Crippen LogP contribution in [-0.4, -0.2) is 33.0 Å². The third-order valence-corrected chi connectivity index (χ3v) is 4.16. The van der Waals surface area contributed by atoms with E-state index in [-0.39, 0.29) is 5.56 Å². The molecular formula is C21H19N3O3. The molecule has 0 aliphatic rings. The largest absolute Gasteiger partial charge is 0.478 e. The molecule has 0 atom stereocenters. The van der Waals surface area contributed by atoms with E-state index in [1.165, 1.54) is 7.11 Å². The minimum absolute atomic E-state index is 0.281. The van der Waals surface area contributed by atoms with Crippen LogP contribution in [0.15, 0.2) is 48.5 Å². The van der Waals surface area contributed by atoms with Gasteiger partial charge in [0.05, 0.1) is 19.2 Å². The molecule has 3 rings (SSSR count). The number of benzene rings is 2. The summed E-state index contributed by atoms with van der Waals surface area (Å²) in [6.45, 7) is 0.576. The lowest BCUT2D eigenvalue weighted by Crippen LogP contribution is -2.06. The van der Waals surface area contributed by atoms with E-state index >= 15 is 0 Å². The monoisotopic (exact) mass is 361 g/mol. The lowest BCUT2D eigenvalue weighted by Gasteiger charge is -2.08. The van der Waals surface area contributed by atoms with Crippen molar-refractivity contribution in [1.29, 1.82) is 0 Å². The molecule has 0 bridgehead atoms. The molecule has 27 heavy (non-hydrogen) atoms. The van der Waals surface area contributed by atoms with Gasteiger partial charge in [-0.25, -0.2) is 9.48 Å². The normalized spacial score (nSPS) is 10.4. The van der Waals surface area contributed by atoms with E-state index in [0.29, 0.717) is 31.0 Å². The van der Waals surface area contributed by atoms with E-state index in [1.54, 1.807) is 22.9 Å². The maximum absolute atomic E-state index is 11.4. The molecule has 0 amide bonds. The highest BCUT2D eigenvalue weighted by Gasteiger charge is 2.13. The summed E-state index contributed by atoms with van der Waals surface area (Å²) in [6, 6.07) is 15.0. The predicted octanol–water partition coefficient (Wildman–Crippen LogP) is 3.27. The molecule has 0 saturated heterocycles. The Kier molecular flexibility index (Phi) is 5.53. The number of ether oxygens (including phenoxy) is 1.